The Morgan fingerprint density at radius 2 is 1.81 bits per heavy atom. The summed E-state index contributed by atoms with van der Waals surface area (Å²) in [6.45, 7) is 6.70. The van der Waals surface area contributed by atoms with E-state index < -0.39 is 5.60 Å². The highest BCUT2D eigenvalue weighted by Gasteiger charge is 2.27. The summed E-state index contributed by atoms with van der Waals surface area (Å²) in [5, 5.41) is 6.17. The van der Waals surface area contributed by atoms with Crippen LogP contribution in [0, 0.1) is 0 Å². The first-order chi connectivity index (χ1) is 12.2. The second-order valence-corrected chi connectivity index (χ2v) is 7.57. The maximum absolute atomic E-state index is 12.0. The van der Waals surface area contributed by atoms with E-state index in [1.165, 1.54) is 0 Å². The molecule has 0 aromatic heterocycles. The summed E-state index contributed by atoms with van der Waals surface area (Å²) in [4.78, 5) is 25.6. The molecule has 1 aliphatic heterocycles. The summed E-state index contributed by atoms with van der Waals surface area (Å²) in [7, 11) is 0. The van der Waals surface area contributed by atoms with Gasteiger partial charge in [-0.1, -0.05) is 11.6 Å². The number of hydrogen-bond donors (Lipinski definition) is 2. The van der Waals surface area contributed by atoms with Crippen molar-refractivity contribution in [2.75, 3.05) is 19.8 Å². The summed E-state index contributed by atoms with van der Waals surface area (Å²) >= 11 is 5.80. The molecule has 1 aromatic carbocycles. The molecular formula is C18H26ClN3O4. The molecule has 8 heteroatoms. The van der Waals surface area contributed by atoms with E-state index in [0.29, 0.717) is 36.7 Å². The molecule has 0 aliphatic carbocycles. The molecule has 1 aromatic rings. The van der Waals surface area contributed by atoms with E-state index in [-0.39, 0.29) is 24.9 Å². The number of rotatable bonds is 4. The number of likely N-dealkylation sites (tertiary alicyclic amines) is 1. The second kappa shape index (κ2) is 8.98. The van der Waals surface area contributed by atoms with Gasteiger partial charge in [-0.3, -0.25) is 0 Å². The van der Waals surface area contributed by atoms with Crippen LogP contribution >= 0.6 is 11.6 Å². The third kappa shape index (κ3) is 7.00. The lowest BCUT2D eigenvalue weighted by molar-refractivity contribution is 0.0201. The van der Waals surface area contributed by atoms with Crippen LogP contribution in [0.2, 0.25) is 5.02 Å². The first-order valence-electron chi connectivity index (χ1n) is 8.63. The van der Waals surface area contributed by atoms with Crippen LogP contribution < -0.4 is 15.4 Å². The van der Waals surface area contributed by atoms with Gasteiger partial charge < -0.3 is 25.0 Å². The van der Waals surface area contributed by atoms with E-state index in [0.717, 1.165) is 0 Å². The van der Waals surface area contributed by atoms with Gasteiger partial charge in [0.25, 0.3) is 0 Å². The second-order valence-electron chi connectivity index (χ2n) is 7.13. The average Bonchev–Trinajstić information content (AvgIpc) is 2.56. The molecule has 7 nitrogen and oxygen atoms in total. The Labute approximate surface area is 159 Å². The molecule has 1 heterocycles. The number of halogens is 1. The summed E-state index contributed by atoms with van der Waals surface area (Å²) in [5.74, 6) is 0.625. The molecule has 0 radical (unpaired) electrons. The molecule has 0 atom stereocenters. The largest absolute Gasteiger partial charge is 0.473 e. The highest BCUT2D eigenvalue weighted by molar-refractivity contribution is 6.30. The Kier molecular flexibility index (Phi) is 6.97. The molecule has 2 N–H and O–H groups in total. The standard InChI is InChI=1S/C18H26ClN3O4/c1-18(2,3)26-17(24)22-10-8-14(9-11-22)21-16(23)20-12-25-15-6-4-13(19)5-7-15/h4-7,14H,8-12H2,1-3H3,(H2,20,21,23). The molecule has 144 valence electrons. The van der Waals surface area contributed by atoms with Crippen molar-refractivity contribution in [3.8, 4) is 5.75 Å². The van der Waals surface area contributed by atoms with Crippen LogP contribution in [0.1, 0.15) is 33.6 Å². The molecule has 1 saturated heterocycles. The summed E-state index contributed by atoms with van der Waals surface area (Å²) in [6.07, 6.45) is 1.06. The molecule has 0 spiro atoms. The molecule has 1 aliphatic rings. The van der Waals surface area contributed by atoms with Gasteiger partial charge >= 0.3 is 12.1 Å². The van der Waals surface area contributed by atoms with Crippen molar-refractivity contribution in [2.24, 2.45) is 0 Å². The first-order valence-corrected chi connectivity index (χ1v) is 9.01. The van der Waals surface area contributed by atoms with Crippen LogP contribution in [-0.2, 0) is 4.74 Å². The molecule has 2 rings (SSSR count). The average molecular weight is 384 g/mol. The number of urea groups is 1. The van der Waals surface area contributed by atoms with E-state index in [1.807, 2.05) is 20.8 Å². The first kappa shape index (κ1) is 20.2. The molecule has 0 saturated carbocycles. The number of piperidine rings is 1. The Hall–Kier alpha value is -2.15. The maximum atomic E-state index is 12.0. The molecular weight excluding hydrogens is 358 g/mol. The number of hydrogen-bond acceptors (Lipinski definition) is 4. The fourth-order valence-electron chi connectivity index (χ4n) is 2.49. The Bertz CT molecular complexity index is 608. The Balaban J connectivity index is 1.64. The fraction of sp³-hybridized carbons (Fsp3) is 0.556. The molecule has 0 unspecified atom stereocenters. The monoisotopic (exact) mass is 383 g/mol. The van der Waals surface area contributed by atoms with Crippen LogP contribution in [-0.4, -0.2) is 48.5 Å². The van der Waals surface area contributed by atoms with E-state index in [1.54, 1.807) is 29.2 Å². The zero-order valence-corrected chi connectivity index (χ0v) is 16.1. The van der Waals surface area contributed by atoms with Gasteiger partial charge in [0.15, 0.2) is 6.73 Å². The van der Waals surface area contributed by atoms with Gasteiger partial charge in [0.05, 0.1) is 0 Å². The van der Waals surface area contributed by atoms with Gasteiger partial charge in [0, 0.05) is 24.2 Å². The summed E-state index contributed by atoms with van der Waals surface area (Å²) in [5.41, 5.74) is -0.504. The number of benzene rings is 1. The predicted octanol–water partition coefficient (Wildman–Crippen LogP) is 3.38. The van der Waals surface area contributed by atoms with Crippen LogP contribution in [0.25, 0.3) is 0 Å². The topological polar surface area (TPSA) is 79.9 Å². The lowest BCUT2D eigenvalue weighted by atomic mass is 10.1. The van der Waals surface area contributed by atoms with Crippen molar-refractivity contribution in [3.05, 3.63) is 29.3 Å². The normalized spacial score (nSPS) is 15.3. The zero-order chi connectivity index (χ0) is 19.2. The van der Waals surface area contributed by atoms with Gasteiger partial charge in [-0.25, -0.2) is 9.59 Å². The minimum Gasteiger partial charge on any atom is -0.473 e. The molecule has 0 bridgehead atoms. The van der Waals surface area contributed by atoms with Crippen molar-refractivity contribution >= 4 is 23.7 Å². The number of nitrogens with one attached hydrogen (secondary N) is 2. The SMILES string of the molecule is CC(C)(C)OC(=O)N1CCC(NC(=O)NCOc2ccc(Cl)cc2)CC1. The van der Waals surface area contributed by atoms with E-state index in [4.69, 9.17) is 21.1 Å². The number of ether oxygens (including phenoxy) is 2. The van der Waals surface area contributed by atoms with Gasteiger partial charge in [0.2, 0.25) is 0 Å². The Morgan fingerprint density at radius 3 is 2.38 bits per heavy atom. The van der Waals surface area contributed by atoms with E-state index >= 15 is 0 Å². The van der Waals surface area contributed by atoms with E-state index in [2.05, 4.69) is 10.6 Å². The van der Waals surface area contributed by atoms with Crippen molar-refractivity contribution < 1.29 is 19.1 Å². The number of carbonyl (C=O) groups excluding carboxylic acids is 2. The summed E-state index contributed by atoms with van der Waals surface area (Å²) in [6, 6.07) is 6.62. The van der Waals surface area contributed by atoms with Crippen LogP contribution in [0.15, 0.2) is 24.3 Å². The molecule has 26 heavy (non-hydrogen) atoms. The van der Waals surface area contributed by atoms with Crippen LogP contribution in [0.5, 0.6) is 5.75 Å². The summed E-state index contributed by atoms with van der Waals surface area (Å²) < 4.78 is 10.8. The van der Waals surface area contributed by atoms with Crippen LogP contribution in [0.4, 0.5) is 9.59 Å². The van der Waals surface area contributed by atoms with Gasteiger partial charge in [-0.05, 0) is 57.9 Å². The quantitative estimate of drug-likeness (QED) is 0.781. The van der Waals surface area contributed by atoms with Gasteiger partial charge in [-0.15, -0.1) is 0 Å². The lowest BCUT2D eigenvalue weighted by Gasteiger charge is -2.33. The fourth-order valence-corrected chi connectivity index (χ4v) is 2.61. The molecule has 3 amide bonds. The van der Waals surface area contributed by atoms with Gasteiger partial charge in [0.1, 0.15) is 11.4 Å². The zero-order valence-electron chi connectivity index (χ0n) is 15.4. The third-order valence-electron chi connectivity index (χ3n) is 3.77. The Morgan fingerprint density at radius 1 is 1.19 bits per heavy atom. The number of amides is 3. The van der Waals surface area contributed by atoms with Crippen LogP contribution in [0.3, 0.4) is 0 Å². The maximum Gasteiger partial charge on any atom is 0.410 e. The third-order valence-corrected chi connectivity index (χ3v) is 4.02. The minimum atomic E-state index is -0.504. The van der Waals surface area contributed by atoms with Gasteiger partial charge in [-0.2, -0.15) is 0 Å². The minimum absolute atomic E-state index is 0.0178. The van der Waals surface area contributed by atoms with Crippen molar-refractivity contribution in [1.82, 2.24) is 15.5 Å². The number of nitrogens with zero attached hydrogens (tertiary/aromatic N) is 1. The predicted molar refractivity (Wildman–Crippen MR) is 99.4 cm³/mol. The van der Waals surface area contributed by atoms with Crippen molar-refractivity contribution in [2.45, 2.75) is 45.3 Å². The number of carbonyl (C=O) groups is 2. The van der Waals surface area contributed by atoms with Crippen molar-refractivity contribution in [3.63, 3.8) is 0 Å². The smallest absolute Gasteiger partial charge is 0.410 e. The lowest BCUT2D eigenvalue weighted by Crippen LogP contribution is -2.50. The highest BCUT2D eigenvalue weighted by Crippen LogP contribution is 2.16. The highest BCUT2D eigenvalue weighted by atomic mass is 35.5. The van der Waals surface area contributed by atoms with Crippen molar-refractivity contribution in [1.29, 1.82) is 0 Å². The molecule has 1 fully saturated rings. The van der Waals surface area contributed by atoms with E-state index in [9.17, 15) is 9.59 Å².